The molecule has 36 heavy (non-hydrogen) atoms. The second-order valence-corrected chi connectivity index (χ2v) is 10.1. The van der Waals surface area contributed by atoms with Crippen molar-refractivity contribution in [3.8, 4) is 12.1 Å². The molecule has 0 saturated carbocycles. The highest BCUT2D eigenvalue weighted by atomic mass is 79.9. The number of hydrogen-bond acceptors (Lipinski definition) is 2. The molecule has 0 N–H and O–H groups in total. The summed E-state index contributed by atoms with van der Waals surface area (Å²) >= 11 is 7.12. The largest absolute Gasteiger partial charge is 0.192 e. The highest BCUT2D eigenvalue weighted by Gasteiger charge is 2.34. The van der Waals surface area contributed by atoms with E-state index in [0.717, 1.165) is 53.5 Å². The molecule has 170 valence electrons. The van der Waals surface area contributed by atoms with Gasteiger partial charge in [-0.05, 0) is 57.7 Å². The van der Waals surface area contributed by atoms with Crippen molar-refractivity contribution in [1.29, 1.82) is 10.5 Å². The summed E-state index contributed by atoms with van der Waals surface area (Å²) in [4.78, 5) is 0. The third-order valence-corrected chi connectivity index (χ3v) is 7.17. The van der Waals surface area contributed by atoms with Crippen molar-refractivity contribution >= 4 is 54.2 Å². The first kappa shape index (κ1) is 23.8. The minimum Gasteiger partial charge on any atom is -0.192 e. The van der Waals surface area contributed by atoms with Gasteiger partial charge in [-0.1, -0.05) is 117 Å². The number of hydrogen-bond donors (Lipinski definition) is 0. The molecule has 2 nitrogen and oxygen atoms in total. The van der Waals surface area contributed by atoms with E-state index >= 15 is 0 Å². The van der Waals surface area contributed by atoms with Crippen LogP contribution in [0.15, 0.2) is 129 Å². The van der Waals surface area contributed by atoms with Crippen molar-refractivity contribution < 1.29 is 0 Å². The van der Waals surface area contributed by atoms with Crippen molar-refractivity contribution in [1.82, 2.24) is 0 Å². The summed E-state index contributed by atoms with van der Waals surface area (Å²) < 4.78 is 1.96. The zero-order valence-corrected chi connectivity index (χ0v) is 22.2. The van der Waals surface area contributed by atoms with E-state index in [0.29, 0.717) is 5.57 Å². The first-order chi connectivity index (χ1) is 17.6. The van der Waals surface area contributed by atoms with Gasteiger partial charge < -0.3 is 0 Å². The van der Waals surface area contributed by atoms with E-state index in [-0.39, 0.29) is 5.57 Å². The molecule has 4 aromatic rings. The molecule has 4 aromatic carbocycles. The fourth-order valence-corrected chi connectivity index (χ4v) is 5.14. The van der Waals surface area contributed by atoms with Gasteiger partial charge in [0.15, 0.2) is 0 Å². The molecule has 0 aliphatic heterocycles. The number of nitriles is 2. The Bertz CT molecular complexity index is 1490. The highest BCUT2D eigenvalue weighted by molar-refractivity contribution is 9.10. The van der Waals surface area contributed by atoms with Crippen LogP contribution in [0.1, 0.15) is 22.3 Å². The molecule has 1 aliphatic carbocycles. The molecular formula is C32H18Br2N2. The lowest BCUT2D eigenvalue weighted by Gasteiger charge is -2.14. The topological polar surface area (TPSA) is 47.6 Å². The van der Waals surface area contributed by atoms with Crippen molar-refractivity contribution in [2.24, 2.45) is 0 Å². The average molecular weight is 590 g/mol. The lowest BCUT2D eigenvalue weighted by molar-refractivity contribution is 1.44. The van der Waals surface area contributed by atoms with Gasteiger partial charge in [-0.15, -0.1) is 0 Å². The normalized spacial score (nSPS) is 12.9. The van der Waals surface area contributed by atoms with Gasteiger partial charge in [-0.3, -0.25) is 0 Å². The number of nitrogens with zero attached hydrogens (tertiary/aromatic N) is 2. The molecule has 1 aliphatic rings. The molecule has 0 unspecified atom stereocenters. The molecule has 0 amide bonds. The molecule has 0 aromatic heterocycles. The highest BCUT2D eigenvalue weighted by Crippen LogP contribution is 2.55. The average Bonchev–Trinajstić information content (AvgIpc) is 3.27. The van der Waals surface area contributed by atoms with Crippen LogP contribution >= 0.6 is 31.9 Å². The Morgan fingerprint density at radius 2 is 0.778 bits per heavy atom. The number of benzene rings is 4. The summed E-state index contributed by atoms with van der Waals surface area (Å²) in [6, 6.07) is 40.8. The van der Waals surface area contributed by atoms with Crippen LogP contribution in [0.3, 0.4) is 0 Å². The van der Waals surface area contributed by atoms with Gasteiger partial charge in [0.25, 0.3) is 0 Å². The maximum absolute atomic E-state index is 10.1. The number of allylic oxidation sites excluding steroid dienone is 6. The molecule has 0 bridgehead atoms. The van der Waals surface area contributed by atoms with Crippen molar-refractivity contribution in [2.45, 2.75) is 0 Å². The van der Waals surface area contributed by atoms with E-state index in [9.17, 15) is 10.5 Å². The molecule has 0 radical (unpaired) electrons. The Kier molecular flexibility index (Phi) is 6.83. The fourth-order valence-electron chi connectivity index (χ4n) is 4.61. The summed E-state index contributed by atoms with van der Waals surface area (Å²) in [7, 11) is 0. The number of halogens is 2. The van der Waals surface area contributed by atoms with Crippen LogP contribution in [0.25, 0.3) is 22.3 Å². The first-order valence-electron chi connectivity index (χ1n) is 11.3. The Morgan fingerprint density at radius 3 is 1.11 bits per heavy atom. The molecule has 0 fully saturated rings. The molecule has 0 heterocycles. The summed E-state index contributed by atoms with van der Waals surface area (Å²) in [6.45, 7) is 0. The third-order valence-electron chi connectivity index (χ3n) is 6.11. The van der Waals surface area contributed by atoms with Gasteiger partial charge >= 0.3 is 0 Å². The Morgan fingerprint density at radius 1 is 0.444 bits per heavy atom. The summed E-state index contributed by atoms with van der Waals surface area (Å²) in [5, 5.41) is 20.2. The predicted molar refractivity (Wildman–Crippen MR) is 153 cm³/mol. The van der Waals surface area contributed by atoms with Crippen LogP contribution in [0.5, 0.6) is 0 Å². The van der Waals surface area contributed by atoms with Crippen LogP contribution in [0.4, 0.5) is 0 Å². The second-order valence-electron chi connectivity index (χ2n) is 8.22. The van der Waals surface area contributed by atoms with Gasteiger partial charge in [0.1, 0.15) is 17.7 Å². The molecule has 0 spiro atoms. The predicted octanol–water partition coefficient (Wildman–Crippen LogP) is 9.09. The minimum absolute atomic E-state index is 0.0921. The molecule has 0 saturated heterocycles. The monoisotopic (exact) mass is 588 g/mol. The zero-order chi connectivity index (χ0) is 25.1. The summed E-state index contributed by atoms with van der Waals surface area (Å²) in [6.07, 6.45) is 0. The standard InChI is InChI=1S/C32H18Br2N2/c33-26-15-11-23(12-16-26)30-28(21-7-3-1-4-8-21)32(25(19-35)20-36)29(22-9-5-2-6-10-22)31(30)24-13-17-27(34)18-14-24/h1-18H. The molecule has 0 atom stereocenters. The number of rotatable bonds is 4. The van der Waals surface area contributed by atoms with E-state index in [4.69, 9.17) is 0 Å². The Balaban J connectivity index is 2.01. The lowest BCUT2D eigenvalue weighted by Crippen LogP contribution is -1.96. The second kappa shape index (κ2) is 10.3. The van der Waals surface area contributed by atoms with Gasteiger partial charge in [0.05, 0.1) is 0 Å². The summed E-state index contributed by atoms with van der Waals surface area (Å²) in [5.41, 5.74) is 8.43. The van der Waals surface area contributed by atoms with E-state index in [1.54, 1.807) is 0 Å². The van der Waals surface area contributed by atoms with Crippen LogP contribution < -0.4 is 0 Å². The van der Waals surface area contributed by atoms with E-state index in [2.05, 4.69) is 68.3 Å². The van der Waals surface area contributed by atoms with E-state index in [1.807, 2.05) is 84.9 Å². The quantitative estimate of drug-likeness (QED) is 0.223. The van der Waals surface area contributed by atoms with Gasteiger partial charge in [0, 0.05) is 25.7 Å². The maximum atomic E-state index is 10.1. The third kappa shape index (κ3) is 4.38. The Labute approximate surface area is 227 Å². The zero-order valence-electron chi connectivity index (χ0n) is 19.0. The van der Waals surface area contributed by atoms with Crippen molar-refractivity contribution in [3.63, 3.8) is 0 Å². The summed E-state index contributed by atoms with van der Waals surface area (Å²) in [5.74, 6) is 0. The lowest BCUT2D eigenvalue weighted by atomic mass is 9.88. The minimum atomic E-state index is 0.0921. The van der Waals surface area contributed by atoms with Crippen molar-refractivity contribution in [3.05, 3.63) is 152 Å². The Hall–Kier alpha value is -3.96. The van der Waals surface area contributed by atoms with Crippen LogP contribution in [-0.4, -0.2) is 0 Å². The van der Waals surface area contributed by atoms with Gasteiger partial charge in [-0.25, -0.2) is 0 Å². The van der Waals surface area contributed by atoms with Crippen LogP contribution in [-0.2, 0) is 0 Å². The van der Waals surface area contributed by atoms with E-state index in [1.165, 1.54) is 0 Å². The first-order valence-corrected chi connectivity index (χ1v) is 12.9. The van der Waals surface area contributed by atoms with Gasteiger partial charge in [0.2, 0.25) is 0 Å². The molecule has 5 rings (SSSR count). The SMILES string of the molecule is N#CC(C#N)=C1C(c2ccccc2)=C(c2ccc(Br)cc2)C(c2ccc(Br)cc2)=C1c1ccccc1. The van der Waals surface area contributed by atoms with Crippen LogP contribution in [0.2, 0.25) is 0 Å². The van der Waals surface area contributed by atoms with E-state index < -0.39 is 0 Å². The molecular weight excluding hydrogens is 572 g/mol. The molecule has 4 heteroatoms. The van der Waals surface area contributed by atoms with Gasteiger partial charge in [-0.2, -0.15) is 10.5 Å². The smallest absolute Gasteiger partial charge is 0.138 e. The van der Waals surface area contributed by atoms with Crippen molar-refractivity contribution in [2.75, 3.05) is 0 Å². The van der Waals surface area contributed by atoms with Crippen LogP contribution in [0, 0.1) is 22.7 Å². The maximum Gasteiger partial charge on any atom is 0.138 e. The fraction of sp³-hybridized carbons (Fsp3) is 0.